The molecule has 2 heteroatoms. The Balaban J connectivity index is 2.17. The van der Waals surface area contributed by atoms with Crippen LogP contribution in [0.25, 0.3) is 0 Å². The van der Waals surface area contributed by atoms with E-state index < -0.39 is 11.6 Å². The second-order valence-corrected chi connectivity index (χ2v) is 5.87. The molecule has 2 rings (SSSR count). The van der Waals surface area contributed by atoms with E-state index in [1.54, 1.807) is 6.07 Å². The predicted octanol–water partition coefficient (Wildman–Crippen LogP) is 4.85. The van der Waals surface area contributed by atoms with Gasteiger partial charge in [-0.15, -0.1) is 0 Å². The van der Waals surface area contributed by atoms with Crippen molar-refractivity contribution in [3.8, 4) is 0 Å². The Labute approximate surface area is 113 Å². The Morgan fingerprint density at radius 2 is 1.37 bits per heavy atom. The monoisotopic (exact) mass is 260 g/mol. The van der Waals surface area contributed by atoms with E-state index in [4.69, 9.17) is 0 Å². The molecular weight excluding hydrogens is 242 g/mol. The molecule has 0 heterocycles. The standard InChI is InChI=1S/C17H18F2/c1-17(2,3)14-7-4-12(5-8-14)10-13-6-9-15(18)16(19)11-13/h4-9,11H,10H2,1-3H3. The molecule has 0 N–H and O–H groups in total. The Kier molecular flexibility index (Phi) is 3.70. The average Bonchev–Trinajstić information content (AvgIpc) is 2.33. The van der Waals surface area contributed by atoms with Crippen molar-refractivity contribution in [1.29, 1.82) is 0 Å². The summed E-state index contributed by atoms with van der Waals surface area (Å²) in [4.78, 5) is 0. The van der Waals surface area contributed by atoms with Crippen LogP contribution in [0.3, 0.4) is 0 Å². The van der Waals surface area contributed by atoms with Crippen LogP contribution in [-0.2, 0) is 11.8 Å². The Bertz CT molecular complexity index is 563. The maximum absolute atomic E-state index is 13.1. The lowest BCUT2D eigenvalue weighted by Crippen LogP contribution is -2.10. The van der Waals surface area contributed by atoms with Gasteiger partial charge in [-0.25, -0.2) is 8.78 Å². The molecule has 0 aliphatic carbocycles. The molecule has 0 aromatic heterocycles. The van der Waals surface area contributed by atoms with Gasteiger partial charge in [0.2, 0.25) is 0 Å². The summed E-state index contributed by atoms with van der Waals surface area (Å²) in [5.41, 5.74) is 3.27. The van der Waals surface area contributed by atoms with Crippen LogP contribution >= 0.6 is 0 Å². The van der Waals surface area contributed by atoms with Crippen molar-refractivity contribution in [2.75, 3.05) is 0 Å². The van der Waals surface area contributed by atoms with E-state index in [1.165, 1.54) is 17.7 Å². The molecule has 0 atom stereocenters. The van der Waals surface area contributed by atoms with Gasteiger partial charge in [0.05, 0.1) is 0 Å². The van der Waals surface area contributed by atoms with Crippen molar-refractivity contribution in [3.63, 3.8) is 0 Å². The maximum Gasteiger partial charge on any atom is 0.159 e. The van der Waals surface area contributed by atoms with Crippen molar-refractivity contribution >= 4 is 0 Å². The van der Waals surface area contributed by atoms with Gasteiger partial charge in [-0.1, -0.05) is 51.1 Å². The first-order valence-corrected chi connectivity index (χ1v) is 6.39. The van der Waals surface area contributed by atoms with Gasteiger partial charge in [0, 0.05) is 0 Å². The van der Waals surface area contributed by atoms with Gasteiger partial charge in [-0.3, -0.25) is 0 Å². The molecule has 0 saturated heterocycles. The summed E-state index contributed by atoms with van der Waals surface area (Å²) in [7, 11) is 0. The third kappa shape index (κ3) is 3.40. The molecule has 0 fully saturated rings. The summed E-state index contributed by atoms with van der Waals surface area (Å²) in [5.74, 6) is -1.59. The third-order valence-corrected chi connectivity index (χ3v) is 3.21. The quantitative estimate of drug-likeness (QED) is 0.724. The first kappa shape index (κ1) is 13.7. The minimum atomic E-state index is -0.799. The summed E-state index contributed by atoms with van der Waals surface area (Å²) in [6, 6.07) is 12.3. The van der Waals surface area contributed by atoms with Gasteiger partial charge < -0.3 is 0 Å². The molecule has 0 bridgehead atoms. The fourth-order valence-corrected chi connectivity index (χ4v) is 2.01. The van der Waals surface area contributed by atoms with Crippen LogP contribution < -0.4 is 0 Å². The molecule has 2 aromatic carbocycles. The molecule has 2 aromatic rings. The van der Waals surface area contributed by atoms with Gasteiger partial charge in [0.1, 0.15) is 0 Å². The predicted molar refractivity (Wildman–Crippen MR) is 74.3 cm³/mol. The van der Waals surface area contributed by atoms with Crippen LogP contribution in [0, 0.1) is 11.6 Å². The highest BCUT2D eigenvalue weighted by Gasteiger charge is 2.12. The summed E-state index contributed by atoms with van der Waals surface area (Å²) in [5, 5.41) is 0. The first-order chi connectivity index (χ1) is 8.86. The zero-order valence-electron chi connectivity index (χ0n) is 11.5. The van der Waals surface area contributed by atoms with Crippen LogP contribution in [0.5, 0.6) is 0 Å². The number of hydrogen-bond donors (Lipinski definition) is 0. The normalized spacial score (nSPS) is 11.6. The highest BCUT2D eigenvalue weighted by Crippen LogP contribution is 2.23. The Morgan fingerprint density at radius 1 is 0.789 bits per heavy atom. The van der Waals surface area contributed by atoms with Crippen LogP contribution in [-0.4, -0.2) is 0 Å². The van der Waals surface area contributed by atoms with E-state index in [-0.39, 0.29) is 5.41 Å². The topological polar surface area (TPSA) is 0 Å². The fourth-order valence-electron chi connectivity index (χ4n) is 2.01. The summed E-state index contributed by atoms with van der Waals surface area (Å²) in [6.45, 7) is 6.49. The van der Waals surface area contributed by atoms with Crippen LogP contribution in [0.2, 0.25) is 0 Å². The number of benzene rings is 2. The van der Waals surface area contributed by atoms with Crippen LogP contribution in [0.1, 0.15) is 37.5 Å². The average molecular weight is 260 g/mol. The van der Waals surface area contributed by atoms with Crippen LogP contribution in [0.15, 0.2) is 42.5 Å². The lowest BCUT2D eigenvalue weighted by molar-refractivity contribution is 0.507. The van der Waals surface area contributed by atoms with Gasteiger partial charge in [-0.05, 0) is 40.7 Å². The van der Waals surface area contributed by atoms with E-state index in [2.05, 4.69) is 32.9 Å². The second kappa shape index (κ2) is 5.12. The number of halogens is 2. The minimum absolute atomic E-state index is 0.126. The summed E-state index contributed by atoms with van der Waals surface area (Å²) in [6.07, 6.45) is 0.613. The Morgan fingerprint density at radius 3 is 1.89 bits per heavy atom. The SMILES string of the molecule is CC(C)(C)c1ccc(Cc2ccc(F)c(F)c2)cc1. The van der Waals surface area contributed by atoms with E-state index >= 15 is 0 Å². The lowest BCUT2D eigenvalue weighted by atomic mass is 9.86. The molecule has 19 heavy (non-hydrogen) atoms. The second-order valence-electron chi connectivity index (χ2n) is 5.87. The van der Waals surface area contributed by atoms with Gasteiger partial charge in [-0.2, -0.15) is 0 Å². The maximum atomic E-state index is 13.1. The van der Waals surface area contributed by atoms with Gasteiger partial charge in [0.25, 0.3) is 0 Å². The summed E-state index contributed by atoms with van der Waals surface area (Å²) >= 11 is 0. The summed E-state index contributed by atoms with van der Waals surface area (Å²) < 4.78 is 26.0. The van der Waals surface area contributed by atoms with Crippen molar-refractivity contribution < 1.29 is 8.78 Å². The van der Waals surface area contributed by atoms with Gasteiger partial charge in [0.15, 0.2) is 11.6 Å². The smallest absolute Gasteiger partial charge is 0.159 e. The van der Waals surface area contributed by atoms with Gasteiger partial charge >= 0.3 is 0 Å². The minimum Gasteiger partial charge on any atom is -0.204 e. The van der Waals surface area contributed by atoms with E-state index in [0.717, 1.165) is 11.1 Å². The molecule has 0 amide bonds. The molecule has 0 spiro atoms. The molecule has 0 radical (unpaired) electrons. The first-order valence-electron chi connectivity index (χ1n) is 6.39. The van der Waals surface area contributed by atoms with E-state index in [1.807, 2.05) is 12.1 Å². The molecule has 0 aliphatic heterocycles. The highest BCUT2D eigenvalue weighted by atomic mass is 19.2. The third-order valence-electron chi connectivity index (χ3n) is 3.21. The molecule has 100 valence electrons. The lowest BCUT2D eigenvalue weighted by Gasteiger charge is -2.19. The van der Waals surface area contributed by atoms with Crippen molar-refractivity contribution in [3.05, 3.63) is 70.8 Å². The molecule has 0 aliphatic rings. The molecule has 0 unspecified atom stereocenters. The fraction of sp³-hybridized carbons (Fsp3) is 0.294. The molecule has 0 saturated carbocycles. The highest BCUT2D eigenvalue weighted by molar-refractivity contribution is 5.31. The van der Waals surface area contributed by atoms with Crippen molar-refractivity contribution in [2.45, 2.75) is 32.6 Å². The molecular formula is C17H18F2. The van der Waals surface area contributed by atoms with Crippen molar-refractivity contribution in [1.82, 2.24) is 0 Å². The van der Waals surface area contributed by atoms with E-state index in [9.17, 15) is 8.78 Å². The van der Waals surface area contributed by atoms with Crippen LogP contribution in [0.4, 0.5) is 8.78 Å². The molecule has 0 nitrogen and oxygen atoms in total. The number of hydrogen-bond acceptors (Lipinski definition) is 0. The zero-order chi connectivity index (χ0) is 14.0. The van der Waals surface area contributed by atoms with Crippen molar-refractivity contribution in [2.24, 2.45) is 0 Å². The van der Waals surface area contributed by atoms with E-state index in [0.29, 0.717) is 6.42 Å². The largest absolute Gasteiger partial charge is 0.204 e. The zero-order valence-corrected chi connectivity index (χ0v) is 11.5. The number of rotatable bonds is 2. The Hall–Kier alpha value is -1.70.